The number of aliphatic carboxylic acids is 1. The van der Waals surface area contributed by atoms with Crippen LogP contribution in [0.3, 0.4) is 0 Å². The van der Waals surface area contributed by atoms with E-state index >= 15 is 0 Å². The van der Waals surface area contributed by atoms with Gasteiger partial charge in [0.2, 0.25) is 0 Å². The Bertz CT molecular complexity index is 956. The van der Waals surface area contributed by atoms with Crippen LogP contribution in [0.5, 0.6) is 0 Å². The van der Waals surface area contributed by atoms with Crippen molar-refractivity contribution in [1.82, 2.24) is 5.32 Å². The van der Waals surface area contributed by atoms with Gasteiger partial charge in [-0.1, -0.05) is 23.7 Å². The molecule has 0 saturated carbocycles. The zero-order valence-corrected chi connectivity index (χ0v) is 15.7. The zero-order chi connectivity index (χ0) is 19.9. The molecule has 4 N–H and O–H groups in total. The first-order valence-electron chi connectivity index (χ1n) is 8.68. The summed E-state index contributed by atoms with van der Waals surface area (Å²) in [4.78, 5) is 27.5. The van der Waals surface area contributed by atoms with Gasteiger partial charge in [-0.15, -0.1) is 0 Å². The van der Waals surface area contributed by atoms with Crippen LogP contribution in [0.1, 0.15) is 22.3 Å². The maximum Gasteiger partial charge on any atom is 0.328 e. The number of aliphatic imine (C=N–C) groups is 1. The molecule has 8 heteroatoms. The van der Waals surface area contributed by atoms with E-state index in [0.29, 0.717) is 27.8 Å². The van der Waals surface area contributed by atoms with Crippen molar-refractivity contribution in [1.29, 1.82) is 0 Å². The first-order valence-corrected chi connectivity index (χ1v) is 9.06. The molecule has 1 amide bonds. The third-order valence-electron chi connectivity index (χ3n) is 3.94. The number of hydrogen-bond acceptors (Lipinski definition) is 5. The van der Waals surface area contributed by atoms with Crippen LogP contribution < -0.4 is 16.0 Å². The van der Waals surface area contributed by atoms with Crippen LogP contribution in [0.25, 0.3) is 6.08 Å². The second-order valence-electron chi connectivity index (χ2n) is 6.08. The summed E-state index contributed by atoms with van der Waals surface area (Å²) in [7, 11) is 0. The lowest BCUT2D eigenvalue weighted by Gasteiger charge is -2.16. The van der Waals surface area contributed by atoms with Gasteiger partial charge < -0.3 is 21.1 Å². The highest BCUT2D eigenvalue weighted by Crippen LogP contribution is 2.24. The Labute approximate surface area is 167 Å². The monoisotopic (exact) mass is 398 g/mol. The first kappa shape index (κ1) is 19.4. The fourth-order valence-corrected chi connectivity index (χ4v) is 2.83. The second kappa shape index (κ2) is 9.05. The van der Waals surface area contributed by atoms with Gasteiger partial charge >= 0.3 is 5.97 Å². The van der Waals surface area contributed by atoms with E-state index in [4.69, 9.17) is 16.7 Å². The maximum absolute atomic E-state index is 12.6. The molecule has 28 heavy (non-hydrogen) atoms. The molecule has 0 saturated heterocycles. The van der Waals surface area contributed by atoms with Gasteiger partial charge in [0.15, 0.2) is 5.96 Å². The highest BCUT2D eigenvalue weighted by molar-refractivity contribution is 6.34. The average molecular weight is 399 g/mol. The number of carbonyl (C=O) groups excluding carboxylic acids is 1. The molecule has 0 unspecified atom stereocenters. The SMILES string of the molecule is O=C(O)/C=C/c1ccc(NC(=O)c2cccc(NC3=NCCCN3)c2)c(Cl)c1. The van der Waals surface area contributed by atoms with Crippen molar-refractivity contribution in [3.63, 3.8) is 0 Å². The van der Waals surface area contributed by atoms with Gasteiger partial charge in [0.05, 0.1) is 10.7 Å². The largest absolute Gasteiger partial charge is 0.478 e. The lowest BCUT2D eigenvalue weighted by atomic mass is 10.1. The number of benzene rings is 2. The van der Waals surface area contributed by atoms with E-state index in [0.717, 1.165) is 31.3 Å². The number of guanidine groups is 1. The summed E-state index contributed by atoms with van der Waals surface area (Å²) in [5, 5.41) is 18.1. The maximum atomic E-state index is 12.6. The number of amides is 1. The number of carboxylic acid groups (broad SMARTS) is 1. The molecule has 1 aliphatic heterocycles. The quantitative estimate of drug-likeness (QED) is 0.578. The Morgan fingerprint density at radius 3 is 2.79 bits per heavy atom. The number of nitrogens with zero attached hydrogens (tertiary/aromatic N) is 1. The van der Waals surface area contributed by atoms with E-state index in [2.05, 4.69) is 20.9 Å². The number of nitrogens with one attached hydrogen (secondary N) is 3. The molecule has 0 spiro atoms. The van der Waals surface area contributed by atoms with Crippen molar-refractivity contribution < 1.29 is 14.7 Å². The van der Waals surface area contributed by atoms with Crippen molar-refractivity contribution in [3.8, 4) is 0 Å². The van der Waals surface area contributed by atoms with Crippen molar-refractivity contribution in [3.05, 3.63) is 64.7 Å². The molecule has 7 nitrogen and oxygen atoms in total. The molecule has 0 aliphatic carbocycles. The summed E-state index contributed by atoms with van der Waals surface area (Å²) >= 11 is 6.20. The molecule has 1 heterocycles. The van der Waals surface area contributed by atoms with E-state index < -0.39 is 5.97 Å². The number of anilines is 2. The summed E-state index contributed by atoms with van der Waals surface area (Å²) in [5.41, 5.74) is 2.28. The molecule has 3 rings (SSSR count). The van der Waals surface area contributed by atoms with Crippen LogP contribution >= 0.6 is 11.6 Å². The van der Waals surface area contributed by atoms with E-state index in [1.807, 2.05) is 6.07 Å². The third-order valence-corrected chi connectivity index (χ3v) is 4.26. The molecule has 0 bridgehead atoms. The summed E-state index contributed by atoms with van der Waals surface area (Å²) in [5.74, 6) is -0.661. The molecule has 1 aliphatic rings. The standard InChI is InChI=1S/C20H19ClN4O3/c21-16-11-13(6-8-18(26)27)5-7-17(16)25-19(28)14-3-1-4-15(12-14)24-20-22-9-2-10-23-20/h1,3-8,11-12H,2,9-10H2,(H,25,28)(H,26,27)(H2,22,23,24)/b8-6+. The molecule has 0 radical (unpaired) electrons. The number of carboxylic acids is 1. The number of halogens is 1. The molecule has 2 aromatic rings. The summed E-state index contributed by atoms with van der Waals surface area (Å²) in [6, 6.07) is 12.0. The Morgan fingerprint density at radius 1 is 1.21 bits per heavy atom. The molecular weight excluding hydrogens is 380 g/mol. The van der Waals surface area contributed by atoms with Crippen molar-refractivity contribution in [2.75, 3.05) is 23.7 Å². The van der Waals surface area contributed by atoms with E-state index in [1.54, 1.807) is 36.4 Å². The number of carbonyl (C=O) groups is 2. The fourth-order valence-electron chi connectivity index (χ4n) is 2.59. The highest BCUT2D eigenvalue weighted by atomic mass is 35.5. The fraction of sp³-hybridized carbons (Fsp3) is 0.150. The van der Waals surface area contributed by atoms with Gasteiger partial charge in [0, 0.05) is 30.4 Å². The van der Waals surface area contributed by atoms with Gasteiger partial charge in [-0.2, -0.15) is 0 Å². The minimum Gasteiger partial charge on any atom is -0.478 e. The summed E-state index contributed by atoms with van der Waals surface area (Å²) in [6.45, 7) is 1.63. The average Bonchev–Trinajstić information content (AvgIpc) is 2.69. The van der Waals surface area contributed by atoms with E-state index in [9.17, 15) is 9.59 Å². The van der Waals surface area contributed by atoms with Gasteiger partial charge in [-0.25, -0.2) is 4.79 Å². The van der Waals surface area contributed by atoms with Crippen LogP contribution in [-0.4, -0.2) is 36.0 Å². The molecule has 2 aromatic carbocycles. The van der Waals surface area contributed by atoms with Crippen LogP contribution in [0.4, 0.5) is 11.4 Å². The molecule has 0 atom stereocenters. The second-order valence-corrected chi connectivity index (χ2v) is 6.49. The highest BCUT2D eigenvalue weighted by Gasteiger charge is 2.11. The molecule has 0 aromatic heterocycles. The Hall–Kier alpha value is -3.32. The zero-order valence-electron chi connectivity index (χ0n) is 14.9. The predicted octanol–water partition coefficient (Wildman–Crippen LogP) is 3.45. The summed E-state index contributed by atoms with van der Waals surface area (Å²) in [6.07, 6.45) is 3.45. The van der Waals surface area contributed by atoms with Gasteiger partial charge in [-0.05, 0) is 48.4 Å². The van der Waals surface area contributed by atoms with Crippen LogP contribution in [0, 0.1) is 0 Å². The van der Waals surface area contributed by atoms with E-state index in [1.165, 1.54) is 6.08 Å². The topological polar surface area (TPSA) is 103 Å². The van der Waals surface area contributed by atoms with Crippen LogP contribution in [0.15, 0.2) is 53.5 Å². The third kappa shape index (κ3) is 5.34. The lowest BCUT2D eigenvalue weighted by Crippen LogP contribution is -2.35. The van der Waals surface area contributed by atoms with E-state index in [-0.39, 0.29) is 5.91 Å². The minimum atomic E-state index is -1.05. The van der Waals surface area contributed by atoms with Crippen molar-refractivity contribution in [2.45, 2.75) is 6.42 Å². The number of rotatable bonds is 5. The first-order chi connectivity index (χ1) is 13.5. The van der Waals surface area contributed by atoms with Crippen molar-refractivity contribution in [2.24, 2.45) is 4.99 Å². The molecular formula is C20H19ClN4O3. The Morgan fingerprint density at radius 2 is 2.07 bits per heavy atom. The van der Waals surface area contributed by atoms with Crippen molar-refractivity contribution >= 4 is 46.9 Å². The van der Waals surface area contributed by atoms with Gasteiger partial charge in [0.25, 0.3) is 5.91 Å². The minimum absolute atomic E-state index is 0.307. The summed E-state index contributed by atoms with van der Waals surface area (Å²) < 4.78 is 0. The van der Waals surface area contributed by atoms with Gasteiger partial charge in [-0.3, -0.25) is 9.79 Å². The molecule has 0 fully saturated rings. The normalized spacial score (nSPS) is 13.5. The molecule has 144 valence electrons. The smallest absolute Gasteiger partial charge is 0.328 e. The lowest BCUT2D eigenvalue weighted by molar-refractivity contribution is -0.131. The Kier molecular flexibility index (Phi) is 6.29. The Balaban J connectivity index is 1.70. The van der Waals surface area contributed by atoms with Gasteiger partial charge in [0.1, 0.15) is 0 Å². The predicted molar refractivity (Wildman–Crippen MR) is 111 cm³/mol. The number of hydrogen-bond donors (Lipinski definition) is 4. The van der Waals surface area contributed by atoms with Crippen LogP contribution in [-0.2, 0) is 4.79 Å². The van der Waals surface area contributed by atoms with Crippen LogP contribution in [0.2, 0.25) is 5.02 Å².